The number of nitrogens with one attached hydrogen (secondary N) is 1. The van der Waals surface area contributed by atoms with Crippen molar-refractivity contribution in [3.05, 3.63) is 0 Å². The van der Waals surface area contributed by atoms with Gasteiger partial charge in [-0.2, -0.15) is 0 Å². The molecule has 90 valence electrons. The van der Waals surface area contributed by atoms with Gasteiger partial charge in [0.25, 0.3) is 0 Å². The Bertz CT molecular complexity index is 306. The lowest BCUT2D eigenvalue weighted by Gasteiger charge is -2.26. The van der Waals surface area contributed by atoms with Gasteiger partial charge in [-0.1, -0.05) is 6.92 Å². The second-order valence-corrected chi connectivity index (χ2v) is 4.83. The van der Waals surface area contributed by atoms with Crippen LogP contribution in [0, 0.1) is 11.8 Å². The number of amides is 2. The molecule has 2 aliphatic heterocycles. The first-order valence-electron chi connectivity index (χ1n) is 5.91. The van der Waals surface area contributed by atoms with Crippen LogP contribution in [-0.4, -0.2) is 42.4 Å². The summed E-state index contributed by atoms with van der Waals surface area (Å²) in [5, 5.41) is 3.21. The van der Waals surface area contributed by atoms with Crippen LogP contribution in [0.4, 0.5) is 0 Å². The van der Waals surface area contributed by atoms with Crippen LogP contribution in [0.1, 0.15) is 19.8 Å². The molecule has 0 bridgehead atoms. The Morgan fingerprint density at radius 2 is 2.12 bits per heavy atom. The van der Waals surface area contributed by atoms with E-state index < -0.39 is 0 Å². The molecule has 0 aromatic rings. The van der Waals surface area contributed by atoms with Gasteiger partial charge in [-0.05, 0) is 25.3 Å². The maximum absolute atomic E-state index is 12.3. The van der Waals surface area contributed by atoms with Gasteiger partial charge < -0.3 is 16.0 Å². The molecule has 2 rings (SSSR count). The van der Waals surface area contributed by atoms with Crippen molar-refractivity contribution < 1.29 is 9.59 Å². The Balaban J connectivity index is 2.06. The summed E-state index contributed by atoms with van der Waals surface area (Å²) < 4.78 is 0. The van der Waals surface area contributed by atoms with E-state index >= 15 is 0 Å². The van der Waals surface area contributed by atoms with Crippen LogP contribution in [0.3, 0.4) is 0 Å². The number of likely N-dealkylation sites (tertiary alicyclic amines) is 1. The molecule has 0 spiro atoms. The Labute approximate surface area is 95.3 Å². The van der Waals surface area contributed by atoms with Crippen molar-refractivity contribution in [2.75, 3.05) is 19.6 Å². The van der Waals surface area contributed by atoms with Crippen LogP contribution >= 0.6 is 0 Å². The van der Waals surface area contributed by atoms with Crippen LogP contribution < -0.4 is 11.1 Å². The zero-order valence-corrected chi connectivity index (χ0v) is 9.61. The fourth-order valence-corrected chi connectivity index (χ4v) is 2.68. The summed E-state index contributed by atoms with van der Waals surface area (Å²) in [5.41, 5.74) is 5.31. The molecule has 0 aliphatic carbocycles. The van der Waals surface area contributed by atoms with Gasteiger partial charge >= 0.3 is 0 Å². The summed E-state index contributed by atoms with van der Waals surface area (Å²) in [4.78, 5) is 25.2. The second-order valence-electron chi connectivity index (χ2n) is 4.83. The van der Waals surface area contributed by atoms with E-state index in [1.807, 2.05) is 0 Å². The second kappa shape index (κ2) is 4.41. The summed E-state index contributed by atoms with van der Waals surface area (Å²) in [7, 11) is 0. The zero-order chi connectivity index (χ0) is 11.7. The van der Waals surface area contributed by atoms with E-state index in [1.165, 1.54) is 0 Å². The van der Waals surface area contributed by atoms with E-state index in [4.69, 9.17) is 5.73 Å². The quantitative estimate of drug-likeness (QED) is 0.653. The monoisotopic (exact) mass is 225 g/mol. The molecular formula is C11H19N3O2. The summed E-state index contributed by atoms with van der Waals surface area (Å²) in [5.74, 6) is 0.0878. The number of hydrogen-bond acceptors (Lipinski definition) is 3. The molecule has 0 aromatic carbocycles. The van der Waals surface area contributed by atoms with Gasteiger partial charge in [0.2, 0.25) is 11.8 Å². The number of rotatable bonds is 2. The Hall–Kier alpha value is -1.10. The summed E-state index contributed by atoms with van der Waals surface area (Å²) >= 11 is 0. The molecule has 0 aromatic heterocycles. The minimum atomic E-state index is -0.375. The average molecular weight is 225 g/mol. The lowest BCUT2D eigenvalue weighted by atomic mass is 9.96. The molecule has 5 nitrogen and oxygen atoms in total. The van der Waals surface area contributed by atoms with Crippen LogP contribution in [-0.2, 0) is 9.59 Å². The topological polar surface area (TPSA) is 75.4 Å². The predicted octanol–water partition coefficient (Wildman–Crippen LogP) is -0.682. The number of nitrogens with two attached hydrogens (primary N) is 1. The highest BCUT2D eigenvalue weighted by atomic mass is 16.2. The van der Waals surface area contributed by atoms with Gasteiger partial charge in [0, 0.05) is 13.1 Å². The molecule has 0 saturated carbocycles. The Morgan fingerprint density at radius 1 is 1.38 bits per heavy atom. The molecule has 2 heterocycles. The van der Waals surface area contributed by atoms with E-state index in [2.05, 4.69) is 12.2 Å². The molecule has 2 fully saturated rings. The SMILES string of the molecule is C[C@@H]1CNC[C@H]1C(=O)N1CCCC1C(N)=O. The molecular weight excluding hydrogens is 206 g/mol. The maximum Gasteiger partial charge on any atom is 0.240 e. The number of carbonyl (C=O) groups is 2. The first kappa shape index (κ1) is 11.4. The summed E-state index contributed by atoms with van der Waals surface area (Å²) in [6.07, 6.45) is 1.60. The summed E-state index contributed by atoms with van der Waals surface area (Å²) in [6, 6.07) is -0.375. The van der Waals surface area contributed by atoms with Crippen LogP contribution in [0.2, 0.25) is 0 Å². The van der Waals surface area contributed by atoms with Gasteiger partial charge in [0.1, 0.15) is 6.04 Å². The molecule has 2 saturated heterocycles. The smallest absolute Gasteiger partial charge is 0.240 e. The Morgan fingerprint density at radius 3 is 2.69 bits per heavy atom. The first-order chi connectivity index (χ1) is 7.61. The fourth-order valence-electron chi connectivity index (χ4n) is 2.68. The van der Waals surface area contributed by atoms with Crippen LogP contribution in [0.25, 0.3) is 0 Å². The van der Waals surface area contributed by atoms with Crippen molar-refractivity contribution in [1.82, 2.24) is 10.2 Å². The molecule has 0 radical (unpaired) electrons. The van der Waals surface area contributed by atoms with E-state index in [9.17, 15) is 9.59 Å². The van der Waals surface area contributed by atoms with Gasteiger partial charge in [-0.25, -0.2) is 0 Å². The zero-order valence-electron chi connectivity index (χ0n) is 9.61. The lowest BCUT2D eigenvalue weighted by molar-refractivity contribution is -0.141. The number of carbonyl (C=O) groups excluding carboxylic acids is 2. The van der Waals surface area contributed by atoms with Gasteiger partial charge in [-0.15, -0.1) is 0 Å². The summed E-state index contributed by atoms with van der Waals surface area (Å²) in [6.45, 7) is 4.35. The lowest BCUT2D eigenvalue weighted by Crippen LogP contribution is -2.47. The normalized spacial score (nSPS) is 34.3. The third-order valence-corrected chi connectivity index (χ3v) is 3.70. The van der Waals surface area contributed by atoms with Gasteiger partial charge in [-0.3, -0.25) is 9.59 Å². The van der Waals surface area contributed by atoms with Crippen molar-refractivity contribution in [3.63, 3.8) is 0 Å². The minimum Gasteiger partial charge on any atom is -0.368 e. The molecule has 3 N–H and O–H groups in total. The van der Waals surface area contributed by atoms with Crippen LogP contribution in [0.15, 0.2) is 0 Å². The predicted molar refractivity (Wildman–Crippen MR) is 59.5 cm³/mol. The molecule has 16 heavy (non-hydrogen) atoms. The van der Waals surface area contributed by atoms with Gasteiger partial charge in [0.05, 0.1) is 5.92 Å². The average Bonchev–Trinajstić information content (AvgIpc) is 2.84. The minimum absolute atomic E-state index is 0.0138. The third-order valence-electron chi connectivity index (χ3n) is 3.70. The molecule has 3 atom stereocenters. The van der Waals surface area contributed by atoms with Crippen molar-refractivity contribution in [1.29, 1.82) is 0 Å². The highest BCUT2D eigenvalue weighted by molar-refractivity contribution is 5.88. The number of hydrogen-bond donors (Lipinski definition) is 2. The first-order valence-corrected chi connectivity index (χ1v) is 5.91. The molecule has 2 aliphatic rings. The van der Waals surface area contributed by atoms with E-state index in [0.29, 0.717) is 12.5 Å². The Kier molecular flexibility index (Phi) is 3.14. The molecule has 5 heteroatoms. The van der Waals surface area contributed by atoms with Crippen molar-refractivity contribution in [3.8, 4) is 0 Å². The van der Waals surface area contributed by atoms with Crippen LogP contribution in [0.5, 0.6) is 0 Å². The highest BCUT2D eigenvalue weighted by Gasteiger charge is 2.39. The fraction of sp³-hybridized carbons (Fsp3) is 0.818. The van der Waals surface area contributed by atoms with Crippen molar-refractivity contribution in [2.24, 2.45) is 17.6 Å². The molecule has 1 unspecified atom stereocenters. The highest BCUT2D eigenvalue weighted by Crippen LogP contribution is 2.24. The van der Waals surface area contributed by atoms with E-state index in [1.54, 1.807) is 4.90 Å². The van der Waals surface area contributed by atoms with E-state index in [-0.39, 0.29) is 23.8 Å². The van der Waals surface area contributed by atoms with Crippen molar-refractivity contribution >= 4 is 11.8 Å². The number of nitrogens with zero attached hydrogens (tertiary/aromatic N) is 1. The molecule has 2 amide bonds. The largest absolute Gasteiger partial charge is 0.368 e. The van der Waals surface area contributed by atoms with E-state index in [0.717, 1.165) is 25.9 Å². The number of primary amides is 1. The standard InChI is InChI=1S/C11H19N3O2/c1-7-5-13-6-8(7)11(16)14-4-2-3-9(14)10(12)15/h7-9,13H,2-6H2,1H3,(H2,12,15)/t7-,8-,9?/m1/s1. The maximum atomic E-state index is 12.3. The third kappa shape index (κ3) is 1.91. The van der Waals surface area contributed by atoms with Gasteiger partial charge in [0.15, 0.2) is 0 Å². The van der Waals surface area contributed by atoms with Crippen molar-refractivity contribution in [2.45, 2.75) is 25.8 Å².